The first-order valence-corrected chi connectivity index (χ1v) is 7.63. The first-order valence-electron chi connectivity index (χ1n) is 6.83. The van der Waals surface area contributed by atoms with Crippen molar-refractivity contribution in [1.82, 2.24) is 5.32 Å². The fraction of sp³-hybridized carbons (Fsp3) is 0.294. The summed E-state index contributed by atoms with van der Waals surface area (Å²) >= 11 is 3.52. The zero-order valence-electron chi connectivity index (χ0n) is 12.3. The largest absolute Gasteiger partial charge is 1.00 e. The van der Waals surface area contributed by atoms with Gasteiger partial charge in [-0.3, -0.25) is 0 Å². The lowest BCUT2D eigenvalue weighted by Crippen LogP contribution is -3.00. The SMILES string of the molecule is CC(C)NCc1cc(Br)ccc1OCc1ccccc1.[Cl-]. The fourth-order valence-electron chi connectivity index (χ4n) is 1.88. The van der Waals surface area contributed by atoms with E-state index in [1.54, 1.807) is 0 Å². The molecule has 0 unspecified atom stereocenters. The molecule has 0 aliphatic rings. The summed E-state index contributed by atoms with van der Waals surface area (Å²) in [5.74, 6) is 0.935. The van der Waals surface area contributed by atoms with Gasteiger partial charge in [-0.25, -0.2) is 0 Å². The molecule has 0 saturated heterocycles. The number of nitrogens with one attached hydrogen (secondary N) is 1. The van der Waals surface area contributed by atoms with Crippen molar-refractivity contribution in [2.24, 2.45) is 0 Å². The number of ether oxygens (including phenoxy) is 1. The van der Waals surface area contributed by atoms with Crippen LogP contribution in [0.15, 0.2) is 53.0 Å². The van der Waals surface area contributed by atoms with Crippen molar-refractivity contribution >= 4 is 15.9 Å². The lowest BCUT2D eigenvalue weighted by atomic mass is 10.2. The second kappa shape index (κ2) is 9.08. The third kappa shape index (κ3) is 6.08. The Kier molecular flexibility index (Phi) is 7.79. The van der Waals surface area contributed by atoms with Crippen molar-refractivity contribution in [1.29, 1.82) is 0 Å². The van der Waals surface area contributed by atoms with Crippen LogP contribution >= 0.6 is 15.9 Å². The van der Waals surface area contributed by atoms with E-state index in [2.05, 4.69) is 53.3 Å². The zero-order valence-corrected chi connectivity index (χ0v) is 14.6. The summed E-state index contributed by atoms with van der Waals surface area (Å²) in [4.78, 5) is 0. The Balaban J connectivity index is 0.00000220. The van der Waals surface area contributed by atoms with E-state index >= 15 is 0 Å². The molecule has 0 spiro atoms. The molecule has 0 radical (unpaired) electrons. The summed E-state index contributed by atoms with van der Waals surface area (Å²) in [5.41, 5.74) is 2.35. The van der Waals surface area contributed by atoms with Gasteiger partial charge in [0.05, 0.1) is 0 Å². The second-order valence-corrected chi connectivity index (χ2v) is 5.98. The van der Waals surface area contributed by atoms with E-state index in [0.29, 0.717) is 12.6 Å². The average Bonchev–Trinajstić information content (AvgIpc) is 2.45. The van der Waals surface area contributed by atoms with Gasteiger partial charge in [0.2, 0.25) is 0 Å². The summed E-state index contributed by atoms with van der Waals surface area (Å²) in [6.07, 6.45) is 0. The Labute approximate surface area is 141 Å². The van der Waals surface area contributed by atoms with Crippen LogP contribution in [-0.4, -0.2) is 6.04 Å². The fourth-order valence-corrected chi connectivity index (χ4v) is 2.28. The van der Waals surface area contributed by atoms with Gasteiger partial charge in [0.15, 0.2) is 0 Å². The molecule has 0 aromatic heterocycles. The normalized spacial score (nSPS) is 10.3. The number of hydrogen-bond acceptors (Lipinski definition) is 2. The van der Waals surface area contributed by atoms with Crippen LogP contribution in [0.3, 0.4) is 0 Å². The number of halogens is 2. The van der Waals surface area contributed by atoms with Crippen LogP contribution < -0.4 is 22.5 Å². The highest BCUT2D eigenvalue weighted by molar-refractivity contribution is 9.10. The zero-order chi connectivity index (χ0) is 14.4. The average molecular weight is 370 g/mol. The molecule has 0 atom stereocenters. The van der Waals surface area contributed by atoms with E-state index in [-0.39, 0.29) is 12.4 Å². The maximum absolute atomic E-state index is 5.95. The van der Waals surface area contributed by atoms with Gasteiger partial charge in [0, 0.05) is 22.6 Å². The highest BCUT2D eigenvalue weighted by atomic mass is 79.9. The van der Waals surface area contributed by atoms with Gasteiger partial charge in [0.1, 0.15) is 12.4 Å². The van der Waals surface area contributed by atoms with Crippen LogP contribution in [-0.2, 0) is 13.2 Å². The summed E-state index contributed by atoms with van der Waals surface area (Å²) < 4.78 is 7.02. The molecular formula is C17H20BrClNO-. The second-order valence-electron chi connectivity index (χ2n) is 5.06. The van der Waals surface area contributed by atoms with Crippen LogP contribution in [0.5, 0.6) is 5.75 Å². The molecule has 0 aliphatic carbocycles. The third-order valence-electron chi connectivity index (χ3n) is 2.96. The Bertz CT molecular complexity index is 546. The van der Waals surface area contributed by atoms with Gasteiger partial charge in [-0.15, -0.1) is 0 Å². The van der Waals surface area contributed by atoms with Crippen molar-refractivity contribution in [2.75, 3.05) is 0 Å². The Morgan fingerprint density at radius 3 is 2.48 bits per heavy atom. The van der Waals surface area contributed by atoms with Crippen molar-refractivity contribution in [3.05, 3.63) is 64.1 Å². The first-order chi connectivity index (χ1) is 9.65. The molecule has 114 valence electrons. The molecule has 2 aromatic rings. The van der Waals surface area contributed by atoms with Gasteiger partial charge in [0.25, 0.3) is 0 Å². The molecule has 0 fully saturated rings. The predicted octanol–water partition coefficient (Wildman–Crippen LogP) is 1.53. The Morgan fingerprint density at radius 1 is 1.10 bits per heavy atom. The summed E-state index contributed by atoms with van der Waals surface area (Å²) in [7, 11) is 0. The topological polar surface area (TPSA) is 21.3 Å². The third-order valence-corrected chi connectivity index (χ3v) is 3.45. The minimum absolute atomic E-state index is 0. The van der Waals surface area contributed by atoms with E-state index in [9.17, 15) is 0 Å². The Morgan fingerprint density at radius 2 is 1.81 bits per heavy atom. The van der Waals surface area contributed by atoms with Crippen molar-refractivity contribution in [2.45, 2.75) is 33.0 Å². The molecular weight excluding hydrogens is 350 g/mol. The van der Waals surface area contributed by atoms with Crippen LogP contribution in [0, 0.1) is 0 Å². The molecule has 0 aliphatic heterocycles. The van der Waals surface area contributed by atoms with Crippen molar-refractivity contribution in [3.8, 4) is 5.75 Å². The monoisotopic (exact) mass is 368 g/mol. The van der Waals surface area contributed by atoms with Crippen molar-refractivity contribution < 1.29 is 17.1 Å². The van der Waals surface area contributed by atoms with Gasteiger partial charge in [-0.1, -0.05) is 60.1 Å². The summed E-state index contributed by atoms with van der Waals surface area (Å²) in [5, 5.41) is 3.43. The number of rotatable bonds is 6. The van der Waals surface area contributed by atoms with E-state index < -0.39 is 0 Å². The first kappa shape index (κ1) is 18.0. The standard InChI is InChI=1S/C17H20BrNO.ClH/c1-13(2)19-11-15-10-16(18)8-9-17(15)20-12-14-6-4-3-5-7-14;/h3-10,13,19H,11-12H2,1-2H3;1H/p-1. The maximum atomic E-state index is 5.95. The molecule has 2 nitrogen and oxygen atoms in total. The molecule has 2 aromatic carbocycles. The maximum Gasteiger partial charge on any atom is 0.124 e. The van der Waals surface area contributed by atoms with Crippen LogP contribution in [0.2, 0.25) is 0 Å². The minimum atomic E-state index is 0. The molecule has 0 heterocycles. The van der Waals surface area contributed by atoms with Gasteiger partial charge >= 0.3 is 0 Å². The van der Waals surface area contributed by atoms with E-state index in [1.165, 1.54) is 11.1 Å². The number of benzene rings is 2. The molecule has 2 rings (SSSR count). The number of hydrogen-bond donors (Lipinski definition) is 1. The minimum Gasteiger partial charge on any atom is -1.00 e. The van der Waals surface area contributed by atoms with Crippen LogP contribution in [0.25, 0.3) is 0 Å². The van der Waals surface area contributed by atoms with Gasteiger partial charge in [-0.2, -0.15) is 0 Å². The van der Waals surface area contributed by atoms with Crippen LogP contribution in [0.1, 0.15) is 25.0 Å². The van der Waals surface area contributed by atoms with E-state index in [4.69, 9.17) is 4.74 Å². The smallest absolute Gasteiger partial charge is 0.124 e. The molecule has 1 N–H and O–H groups in total. The molecule has 21 heavy (non-hydrogen) atoms. The molecule has 0 saturated carbocycles. The molecule has 4 heteroatoms. The lowest BCUT2D eigenvalue weighted by Gasteiger charge is -2.14. The summed E-state index contributed by atoms with van der Waals surface area (Å²) in [6, 6.07) is 16.8. The van der Waals surface area contributed by atoms with E-state index in [1.807, 2.05) is 30.3 Å². The lowest BCUT2D eigenvalue weighted by molar-refractivity contribution is -0.00000455. The van der Waals surface area contributed by atoms with Gasteiger partial charge in [-0.05, 0) is 23.8 Å². The summed E-state index contributed by atoms with van der Waals surface area (Å²) in [6.45, 7) is 5.68. The van der Waals surface area contributed by atoms with Gasteiger partial charge < -0.3 is 22.5 Å². The highest BCUT2D eigenvalue weighted by Gasteiger charge is 2.06. The Hall–Kier alpha value is -1.03. The molecule has 0 bridgehead atoms. The van der Waals surface area contributed by atoms with E-state index in [0.717, 1.165) is 16.8 Å². The molecule has 0 amide bonds. The van der Waals surface area contributed by atoms with Crippen LogP contribution in [0.4, 0.5) is 0 Å². The quantitative estimate of drug-likeness (QED) is 0.834. The highest BCUT2D eigenvalue weighted by Crippen LogP contribution is 2.24. The van der Waals surface area contributed by atoms with Crippen molar-refractivity contribution in [3.63, 3.8) is 0 Å². The predicted molar refractivity (Wildman–Crippen MR) is 86.9 cm³/mol.